The lowest BCUT2D eigenvalue weighted by atomic mass is 10.5. The minimum atomic E-state index is -3.45. The van der Waals surface area contributed by atoms with Crippen LogP contribution in [0.2, 0.25) is 0 Å². The number of rotatable bonds is 6. The molecule has 0 aromatic carbocycles. The van der Waals surface area contributed by atoms with Gasteiger partial charge in [-0.05, 0) is 24.4 Å². The van der Waals surface area contributed by atoms with Gasteiger partial charge in [0, 0.05) is 19.8 Å². The molecule has 1 aromatic heterocycles. The Morgan fingerprint density at radius 2 is 1.95 bits per heavy atom. The molecular formula is C10H17N3O4S3. The van der Waals surface area contributed by atoms with Gasteiger partial charge in [-0.3, -0.25) is 0 Å². The first kappa shape index (κ1) is 15.5. The van der Waals surface area contributed by atoms with Crippen molar-refractivity contribution in [3.05, 3.63) is 0 Å². The second-order valence-corrected chi connectivity index (χ2v) is 10.2. The Labute approximate surface area is 122 Å². The fourth-order valence-corrected chi connectivity index (χ4v) is 5.39. The monoisotopic (exact) mass is 339 g/mol. The van der Waals surface area contributed by atoms with Crippen LogP contribution in [0.15, 0.2) is 4.90 Å². The third-order valence-corrected chi connectivity index (χ3v) is 7.40. The van der Waals surface area contributed by atoms with E-state index < -0.39 is 19.7 Å². The molecule has 0 aliphatic heterocycles. The highest BCUT2D eigenvalue weighted by Crippen LogP contribution is 2.42. The topological polar surface area (TPSA) is 110 Å². The maximum atomic E-state index is 12.3. The lowest BCUT2D eigenvalue weighted by Crippen LogP contribution is -2.26. The van der Waals surface area contributed by atoms with Gasteiger partial charge < -0.3 is 10.6 Å². The molecule has 0 radical (unpaired) electrons. The van der Waals surface area contributed by atoms with Gasteiger partial charge in [-0.15, -0.1) is 0 Å². The number of hydrogen-bond acceptors (Lipinski definition) is 8. The van der Waals surface area contributed by atoms with Gasteiger partial charge in [-0.25, -0.2) is 16.8 Å². The molecule has 0 atom stereocenters. The van der Waals surface area contributed by atoms with Gasteiger partial charge >= 0.3 is 0 Å². The second kappa shape index (κ2) is 5.15. The zero-order valence-corrected chi connectivity index (χ0v) is 13.7. The van der Waals surface area contributed by atoms with Crippen LogP contribution in [0, 0.1) is 0 Å². The average Bonchev–Trinajstić information content (AvgIpc) is 3.09. The molecule has 1 heterocycles. The summed E-state index contributed by atoms with van der Waals surface area (Å²) in [6, 6.07) is 0. The van der Waals surface area contributed by atoms with Crippen molar-refractivity contribution in [2.75, 3.05) is 36.2 Å². The number of hydrogen-bond donors (Lipinski definition) is 1. The summed E-state index contributed by atoms with van der Waals surface area (Å²) < 4.78 is 51.0. The molecule has 0 bridgehead atoms. The highest BCUT2D eigenvalue weighted by atomic mass is 32.2. The predicted octanol–water partition coefficient (Wildman–Crippen LogP) is 0.142. The molecule has 0 amide bonds. The first-order chi connectivity index (χ1) is 9.13. The average molecular weight is 339 g/mol. The summed E-state index contributed by atoms with van der Waals surface area (Å²) in [5.74, 6) is -0.0485. The van der Waals surface area contributed by atoms with E-state index in [0.717, 1.165) is 17.8 Å². The van der Waals surface area contributed by atoms with Crippen molar-refractivity contribution in [1.82, 2.24) is 4.37 Å². The summed E-state index contributed by atoms with van der Waals surface area (Å²) >= 11 is 0.984. The molecule has 10 heteroatoms. The van der Waals surface area contributed by atoms with Crippen LogP contribution < -0.4 is 10.6 Å². The van der Waals surface area contributed by atoms with E-state index in [2.05, 4.69) is 4.37 Å². The lowest BCUT2D eigenvalue weighted by Gasteiger charge is -2.18. The smallest absolute Gasteiger partial charge is 0.187 e. The summed E-state index contributed by atoms with van der Waals surface area (Å²) in [5, 5.41) is 0.0429. The zero-order valence-electron chi connectivity index (χ0n) is 11.2. The SMILES string of the molecule is CN(CCS(C)(=O)=O)c1snc(N)c1S(=O)(=O)C1CC1. The zero-order chi connectivity index (χ0) is 15.1. The third kappa shape index (κ3) is 3.23. The molecule has 0 unspecified atom stereocenters. The molecule has 1 fully saturated rings. The van der Waals surface area contributed by atoms with Gasteiger partial charge in [0.05, 0.1) is 11.0 Å². The lowest BCUT2D eigenvalue weighted by molar-refractivity contribution is 0.595. The van der Waals surface area contributed by atoms with Gasteiger partial charge in [0.1, 0.15) is 19.7 Å². The van der Waals surface area contributed by atoms with Crippen LogP contribution in [-0.4, -0.2) is 52.1 Å². The molecule has 7 nitrogen and oxygen atoms in total. The van der Waals surface area contributed by atoms with E-state index in [0.29, 0.717) is 17.8 Å². The molecule has 1 aliphatic rings. The van der Waals surface area contributed by atoms with Crippen molar-refractivity contribution in [3.63, 3.8) is 0 Å². The molecule has 2 N–H and O–H groups in total. The Bertz CT molecular complexity index is 704. The van der Waals surface area contributed by atoms with Gasteiger partial charge in [-0.1, -0.05) is 0 Å². The molecule has 0 spiro atoms. The Morgan fingerprint density at radius 1 is 1.35 bits per heavy atom. The minimum absolute atomic E-state index is 0.00288. The van der Waals surface area contributed by atoms with E-state index in [1.54, 1.807) is 11.9 Å². The van der Waals surface area contributed by atoms with Crippen molar-refractivity contribution in [1.29, 1.82) is 0 Å². The summed E-state index contributed by atoms with van der Waals surface area (Å²) in [6.45, 7) is 0.202. The van der Waals surface area contributed by atoms with Crippen molar-refractivity contribution in [3.8, 4) is 0 Å². The first-order valence-electron chi connectivity index (χ1n) is 6.01. The Balaban J connectivity index is 2.29. The van der Waals surface area contributed by atoms with E-state index in [4.69, 9.17) is 5.73 Å². The van der Waals surface area contributed by atoms with Crippen molar-refractivity contribution >= 4 is 42.0 Å². The molecule has 1 aromatic rings. The molecule has 20 heavy (non-hydrogen) atoms. The van der Waals surface area contributed by atoms with E-state index in [-0.39, 0.29) is 28.3 Å². The third-order valence-electron chi connectivity index (χ3n) is 3.05. The molecule has 1 aliphatic carbocycles. The largest absolute Gasteiger partial charge is 0.382 e. The summed E-state index contributed by atoms with van der Waals surface area (Å²) in [6.07, 6.45) is 2.43. The second-order valence-electron chi connectivity index (χ2n) is 5.00. The van der Waals surface area contributed by atoms with E-state index in [1.807, 2.05) is 0 Å². The number of nitrogens with zero attached hydrogens (tertiary/aromatic N) is 2. The number of nitrogen functional groups attached to an aromatic ring is 1. The maximum Gasteiger partial charge on any atom is 0.187 e. The van der Waals surface area contributed by atoms with Gasteiger partial charge in [0.2, 0.25) is 0 Å². The number of anilines is 2. The van der Waals surface area contributed by atoms with E-state index in [1.165, 1.54) is 0 Å². The highest BCUT2D eigenvalue weighted by molar-refractivity contribution is 7.92. The normalized spacial score (nSPS) is 16.3. The molecule has 0 saturated heterocycles. The summed E-state index contributed by atoms with van der Waals surface area (Å²) in [7, 11) is -4.92. The van der Waals surface area contributed by atoms with Crippen molar-refractivity contribution < 1.29 is 16.8 Å². The maximum absolute atomic E-state index is 12.3. The van der Waals surface area contributed by atoms with Gasteiger partial charge in [0.25, 0.3) is 0 Å². The highest BCUT2D eigenvalue weighted by Gasteiger charge is 2.41. The van der Waals surface area contributed by atoms with Crippen molar-refractivity contribution in [2.45, 2.75) is 23.0 Å². The fourth-order valence-electron chi connectivity index (χ4n) is 1.74. The van der Waals surface area contributed by atoms with Crippen LogP contribution in [0.5, 0.6) is 0 Å². The van der Waals surface area contributed by atoms with Crippen LogP contribution >= 0.6 is 11.5 Å². The van der Waals surface area contributed by atoms with Crippen LogP contribution in [0.3, 0.4) is 0 Å². The fraction of sp³-hybridized carbons (Fsp3) is 0.700. The van der Waals surface area contributed by atoms with E-state index in [9.17, 15) is 16.8 Å². The Hall–Kier alpha value is -0.870. The Morgan fingerprint density at radius 3 is 2.45 bits per heavy atom. The molecule has 1 saturated carbocycles. The van der Waals surface area contributed by atoms with Gasteiger partial charge in [0.15, 0.2) is 15.7 Å². The summed E-state index contributed by atoms with van der Waals surface area (Å²) in [4.78, 5) is 1.64. The number of aromatic nitrogens is 1. The van der Waals surface area contributed by atoms with Crippen LogP contribution in [-0.2, 0) is 19.7 Å². The molecule has 114 valence electrons. The van der Waals surface area contributed by atoms with Gasteiger partial charge in [-0.2, -0.15) is 4.37 Å². The quantitative estimate of drug-likeness (QED) is 0.785. The standard InChI is InChI=1S/C10H17N3O4S3/c1-13(5-6-19(2,14)15)10-8(9(11)12-18-10)20(16,17)7-3-4-7/h7H,3-6H2,1-2H3,(H2,11,12). The number of sulfone groups is 2. The molecule has 2 rings (SSSR count). The first-order valence-corrected chi connectivity index (χ1v) is 10.4. The van der Waals surface area contributed by atoms with Crippen LogP contribution in [0.25, 0.3) is 0 Å². The van der Waals surface area contributed by atoms with E-state index >= 15 is 0 Å². The predicted molar refractivity (Wildman–Crippen MR) is 79.7 cm³/mol. The van der Waals surface area contributed by atoms with Crippen LogP contribution in [0.4, 0.5) is 10.8 Å². The Kier molecular flexibility index (Phi) is 4.00. The molecular weight excluding hydrogens is 322 g/mol. The summed E-state index contributed by atoms with van der Waals surface area (Å²) in [5.41, 5.74) is 5.69. The van der Waals surface area contributed by atoms with Crippen LogP contribution in [0.1, 0.15) is 12.8 Å². The van der Waals surface area contributed by atoms with Crippen molar-refractivity contribution in [2.24, 2.45) is 0 Å². The number of nitrogens with two attached hydrogens (primary N) is 1. The minimum Gasteiger partial charge on any atom is -0.382 e.